The van der Waals surface area contributed by atoms with Crippen LogP contribution in [0.5, 0.6) is 0 Å². The zero-order valence-corrected chi connectivity index (χ0v) is 3.87. The van der Waals surface area contributed by atoms with Crippen LogP contribution in [0.3, 0.4) is 0 Å². The Labute approximate surface area is 40.9 Å². The fourth-order valence-corrected chi connectivity index (χ4v) is 0.178. The lowest BCUT2D eigenvalue weighted by Crippen LogP contribution is -1.45. The van der Waals surface area contributed by atoms with E-state index >= 15 is 0 Å². The van der Waals surface area contributed by atoms with Gasteiger partial charge in [-0.25, -0.2) is 0 Å². The third-order valence-corrected chi connectivity index (χ3v) is 0.370. The molecule has 0 rings (SSSR count). The smallest absolute Gasteiger partial charge is 0.189 e. The van der Waals surface area contributed by atoms with Gasteiger partial charge in [0, 0.05) is 0 Å². The lowest BCUT2D eigenvalue weighted by molar-refractivity contribution is 0.695. The first kappa shape index (κ1) is 5.70. The topological polar surface area (TPSA) is 0 Å². The molecule has 0 aliphatic rings. The Bertz CT molecular complexity index is 71.6. The number of halogens is 2. The second kappa shape index (κ2) is 2.91. The first-order valence-electron chi connectivity index (χ1n) is 1.41. The second-order valence-corrected chi connectivity index (χ2v) is 1.05. The molecular formula is C4H4ClF. The molecule has 2 heteroatoms. The van der Waals surface area contributed by atoms with Gasteiger partial charge in [-0.3, -0.25) is 0 Å². The summed E-state index contributed by atoms with van der Waals surface area (Å²) in [5.41, 5.74) is 0. The van der Waals surface area contributed by atoms with Gasteiger partial charge in [-0.15, -0.1) is 0 Å². The van der Waals surface area contributed by atoms with E-state index in [-0.39, 0.29) is 0 Å². The lowest BCUT2D eigenvalue weighted by Gasteiger charge is -1.67. The maximum Gasteiger partial charge on any atom is 0.189 e. The summed E-state index contributed by atoms with van der Waals surface area (Å²) in [6, 6.07) is 0. The molecule has 0 nitrogen and oxygen atoms in total. The predicted molar refractivity (Wildman–Crippen MR) is 25.2 cm³/mol. The van der Waals surface area contributed by atoms with Crippen LogP contribution in [-0.2, 0) is 0 Å². The number of allylic oxidation sites excluding steroid dienone is 2. The standard InChI is InChI=1S/C4H4ClF/c1-2-3-4(5)6/h2-3H,1H2/b4-3-. The zero-order chi connectivity index (χ0) is 4.99. The van der Waals surface area contributed by atoms with Crippen molar-refractivity contribution in [1.29, 1.82) is 0 Å². The van der Waals surface area contributed by atoms with Crippen molar-refractivity contribution in [2.75, 3.05) is 0 Å². The highest BCUT2D eigenvalue weighted by molar-refractivity contribution is 6.28. The average Bonchev–Trinajstić information content (AvgIpc) is 1.35. The van der Waals surface area contributed by atoms with Crippen molar-refractivity contribution < 1.29 is 4.39 Å². The van der Waals surface area contributed by atoms with E-state index in [1.54, 1.807) is 0 Å². The van der Waals surface area contributed by atoms with Gasteiger partial charge >= 0.3 is 0 Å². The summed E-state index contributed by atoms with van der Waals surface area (Å²) in [7, 11) is 0. The third kappa shape index (κ3) is 3.70. The number of rotatable bonds is 1. The van der Waals surface area contributed by atoms with E-state index in [0.29, 0.717) is 0 Å². The summed E-state index contributed by atoms with van der Waals surface area (Å²) in [6.07, 6.45) is 2.35. The Morgan fingerprint density at radius 3 is 2.33 bits per heavy atom. The van der Waals surface area contributed by atoms with Gasteiger partial charge in [0.15, 0.2) is 5.29 Å². The maximum absolute atomic E-state index is 11.3. The minimum Gasteiger partial charge on any atom is -0.194 e. The van der Waals surface area contributed by atoms with Gasteiger partial charge in [0.05, 0.1) is 0 Å². The van der Waals surface area contributed by atoms with Crippen molar-refractivity contribution in [3.8, 4) is 0 Å². The molecule has 0 unspecified atom stereocenters. The molecule has 0 aromatic carbocycles. The molecule has 0 spiro atoms. The Kier molecular flexibility index (Phi) is 2.77. The van der Waals surface area contributed by atoms with Gasteiger partial charge in [-0.05, 0) is 6.08 Å². The zero-order valence-electron chi connectivity index (χ0n) is 3.12. The Balaban J connectivity index is 3.41. The van der Waals surface area contributed by atoms with Gasteiger partial charge in [-0.1, -0.05) is 24.3 Å². The molecule has 0 aliphatic heterocycles. The Morgan fingerprint density at radius 1 is 1.83 bits per heavy atom. The molecule has 0 bridgehead atoms. The van der Waals surface area contributed by atoms with Crippen LogP contribution in [0.4, 0.5) is 4.39 Å². The lowest BCUT2D eigenvalue weighted by atomic mass is 10.6. The molecule has 6 heavy (non-hydrogen) atoms. The molecule has 0 fully saturated rings. The fraction of sp³-hybridized carbons (Fsp3) is 0. The minimum atomic E-state index is -0.731. The predicted octanol–water partition coefficient (Wildman–Crippen LogP) is 2.22. The normalized spacial score (nSPS) is 11.3. The highest BCUT2D eigenvalue weighted by Crippen LogP contribution is 1.99. The van der Waals surface area contributed by atoms with Gasteiger partial charge < -0.3 is 0 Å². The summed E-state index contributed by atoms with van der Waals surface area (Å²) in [5.74, 6) is 0. The minimum absolute atomic E-state index is 0.731. The van der Waals surface area contributed by atoms with Crippen molar-refractivity contribution in [2.45, 2.75) is 0 Å². The molecule has 0 N–H and O–H groups in total. The third-order valence-electron chi connectivity index (χ3n) is 0.244. The first-order chi connectivity index (χ1) is 2.77. The molecule has 0 aromatic heterocycles. The van der Waals surface area contributed by atoms with E-state index in [4.69, 9.17) is 11.6 Å². The molecule has 0 heterocycles. The quantitative estimate of drug-likeness (QED) is 0.450. The summed E-state index contributed by atoms with van der Waals surface area (Å²) < 4.78 is 11.3. The first-order valence-corrected chi connectivity index (χ1v) is 1.79. The fourth-order valence-electron chi connectivity index (χ4n) is 0.0891. The van der Waals surface area contributed by atoms with Crippen LogP contribution >= 0.6 is 11.6 Å². The molecule has 0 atom stereocenters. The molecule has 0 saturated heterocycles. The van der Waals surface area contributed by atoms with E-state index in [1.165, 1.54) is 6.08 Å². The van der Waals surface area contributed by atoms with Crippen LogP contribution < -0.4 is 0 Å². The summed E-state index contributed by atoms with van der Waals surface area (Å²) in [5, 5.41) is -0.731. The number of hydrogen-bond donors (Lipinski definition) is 0. The van der Waals surface area contributed by atoms with Crippen LogP contribution in [-0.4, -0.2) is 0 Å². The van der Waals surface area contributed by atoms with Crippen molar-refractivity contribution in [3.63, 3.8) is 0 Å². The number of hydrogen-bond acceptors (Lipinski definition) is 0. The second-order valence-electron chi connectivity index (χ2n) is 0.692. The molecule has 0 amide bonds. The van der Waals surface area contributed by atoms with E-state index in [2.05, 4.69) is 6.58 Å². The van der Waals surface area contributed by atoms with Crippen molar-refractivity contribution >= 4 is 11.6 Å². The molecule has 0 saturated carbocycles. The van der Waals surface area contributed by atoms with E-state index in [9.17, 15) is 4.39 Å². The molecular weight excluding hydrogens is 102 g/mol. The van der Waals surface area contributed by atoms with Crippen LogP contribution in [0.25, 0.3) is 0 Å². The maximum atomic E-state index is 11.3. The van der Waals surface area contributed by atoms with Gasteiger partial charge in [0.1, 0.15) is 0 Å². The molecule has 0 radical (unpaired) electrons. The van der Waals surface area contributed by atoms with E-state index < -0.39 is 5.29 Å². The SMILES string of the molecule is C=C/C=C(\F)Cl. The summed E-state index contributed by atoms with van der Waals surface area (Å²) in [4.78, 5) is 0. The van der Waals surface area contributed by atoms with Crippen LogP contribution in [0.1, 0.15) is 0 Å². The highest BCUT2D eigenvalue weighted by atomic mass is 35.5. The molecule has 0 aromatic rings. The van der Waals surface area contributed by atoms with Gasteiger partial charge in [0.25, 0.3) is 0 Å². The van der Waals surface area contributed by atoms with Crippen LogP contribution in [0.15, 0.2) is 24.0 Å². The largest absolute Gasteiger partial charge is 0.194 e. The van der Waals surface area contributed by atoms with Crippen molar-refractivity contribution in [1.82, 2.24) is 0 Å². The Hall–Kier alpha value is -0.300. The molecule has 34 valence electrons. The van der Waals surface area contributed by atoms with Gasteiger partial charge in [-0.2, -0.15) is 4.39 Å². The average molecular weight is 107 g/mol. The van der Waals surface area contributed by atoms with Gasteiger partial charge in [0.2, 0.25) is 0 Å². The monoisotopic (exact) mass is 106 g/mol. The molecule has 0 aliphatic carbocycles. The van der Waals surface area contributed by atoms with E-state index in [1.807, 2.05) is 0 Å². The van der Waals surface area contributed by atoms with Crippen LogP contribution in [0, 0.1) is 0 Å². The van der Waals surface area contributed by atoms with Crippen molar-refractivity contribution in [2.24, 2.45) is 0 Å². The highest BCUT2D eigenvalue weighted by Gasteiger charge is 1.73. The van der Waals surface area contributed by atoms with E-state index in [0.717, 1.165) is 6.08 Å². The summed E-state index contributed by atoms with van der Waals surface area (Å²) in [6.45, 7) is 3.20. The summed E-state index contributed by atoms with van der Waals surface area (Å²) >= 11 is 4.70. The van der Waals surface area contributed by atoms with Crippen LogP contribution in [0.2, 0.25) is 0 Å². The van der Waals surface area contributed by atoms with Crippen molar-refractivity contribution in [3.05, 3.63) is 24.0 Å². The Morgan fingerprint density at radius 2 is 2.33 bits per heavy atom.